The van der Waals surface area contributed by atoms with Gasteiger partial charge in [-0.15, -0.1) is 0 Å². The van der Waals surface area contributed by atoms with Crippen LogP contribution in [-0.4, -0.2) is 38.2 Å². The Bertz CT molecular complexity index is 7690. The SMILES string of the molecule is Cc1cc(-n2c3ccccc3c3cc(-c4cccc(-c5nc(-c6ccccc6)cc(-c6ccccc6)n5)c4)ccc32)oc1-c1cccc2oc3ccccc3c12.Cc1cn(-c2ccc3c(c2)c2ccccc2n3-c2ccccc2)cc1-n1c2ccccc2c2cc(-c3ccc(-c4nc(-c5ccccc5)cc(-c5ccccc5)n4)cc3)ccc21. The van der Waals surface area contributed by atoms with Crippen molar-refractivity contribution in [3.63, 3.8) is 0 Å². The quantitative estimate of drug-likeness (QED) is 0.114. The van der Waals surface area contributed by atoms with E-state index < -0.39 is 0 Å². The van der Waals surface area contributed by atoms with Crippen LogP contribution in [0.2, 0.25) is 0 Å². The Labute approximate surface area is 680 Å². The molecule has 0 amide bonds. The fraction of sp³-hybridized carbons (Fsp3) is 0.0185. The van der Waals surface area contributed by atoms with Gasteiger partial charge in [-0.1, -0.05) is 279 Å². The molecule has 0 aliphatic carbocycles. The van der Waals surface area contributed by atoms with Gasteiger partial charge in [0, 0.05) is 112 Å². The van der Waals surface area contributed by atoms with E-state index in [-0.39, 0.29) is 0 Å². The average molecular weight is 1510 g/mol. The Morgan fingerprint density at radius 1 is 0.237 bits per heavy atom. The lowest BCUT2D eigenvalue weighted by Gasteiger charge is -2.11. The second-order valence-electron chi connectivity index (χ2n) is 30.2. The monoisotopic (exact) mass is 1510 g/mol. The Morgan fingerprint density at radius 2 is 0.644 bits per heavy atom. The van der Waals surface area contributed by atoms with Gasteiger partial charge in [0.2, 0.25) is 5.88 Å². The summed E-state index contributed by atoms with van der Waals surface area (Å²) in [6.45, 7) is 4.33. The number of rotatable bonds is 13. The molecule has 0 saturated carbocycles. The highest BCUT2D eigenvalue weighted by atomic mass is 16.4. The van der Waals surface area contributed by atoms with Crippen molar-refractivity contribution in [1.82, 2.24) is 38.2 Å². The van der Waals surface area contributed by atoms with Gasteiger partial charge in [0.05, 0.1) is 61.6 Å². The van der Waals surface area contributed by atoms with E-state index >= 15 is 0 Å². The largest absolute Gasteiger partial charge is 0.456 e. The maximum Gasteiger partial charge on any atom is 0.205 e. The van der Waals surface area contributed by atoms with E-state index in [9.17, 15) is 0 Å². The number of benzene rings is 15. The van der Waals surface area contributed by atoms with E-state index in [0.717, 1.165) is 162 Å². The molecule has 0 N–H and O–H groups in total. The molecule has 556 valence electrons. The Kier molecular flexibility index (Phi) is 16.8. The van der Waals surface area contributed by atoms with E-state index in [1.165, 1.54) is 49.2 Å². The molecule has 0 aliphatic heterocycles. The molecule has 0 bridgehead atoms. The Hall–Kier alpha value is -15.8. The van der Waals surface area contributed by atoms with Gasteiger partial charge >= 0.3 is 0 Å². The van der Waals surface area contributed by atoms with Gasteiger partial charge in [-0.05, 0) is 150 Å². The average Bonchev–Trinajstić information content (AvgIpc) is 1.59. The third-order valence-corrected chi connectivity index (χ3v) is 23.0. The van der Waals surface area contributed by atoms with Gasteiger partial charge in [0.15, 0.2) is 11.6 Å². The first-order valence-electron chi connectivity index (χ1n) is 39.9. The standard InChI is InChI=1S/C57H39N5.C51H33N3O2/c1-38-36-60(45-30-32-54-49(34-45)47-22-11-13-23-52(47)61(54)44-19-9-4-10-20-44)37-56(38)62-53-24-14-12-21-46(53)48-33-43(29-31-55(48)62)39-25-27-42(28-26-39)57-58-50(40-15-5-2-6-16-40)35-51(59-57)41-17-7-3-8-18-41;1-32-28-48(56-50(32)40-22-13-25-47-49(40)39-21-9-11-24-46(39)55-47)54-44-23-10-8-20-38(44)41-30-36(26-27-45(41)54)35-18-12-19-37(29-35)51-52-42(33-14-4-2-5-15-33)31-43(53-51)34-16-6-3-7-17-34/h2-37H,1H3;2-31H,1H3. The number of furan rings is 2. The van der Waals surface area contributed by atoms with Crippen molar-refractivity contribution in [2.45, 2.75) is 13.8 Å². The summed E-state index contributed by atoms with van der Waals surface area (Å²) in [7, 11) is 0. The Balaban J connectivity index is 0.000000143. The second-order valence-corrected chi connectivity index (χ2v) is 30.2. The first-order chi connectivity index (χ1) is 58.3. The molecule has 0 radical (unpaired) electrons. The highest BCUT2D eigenvalue weighted by molar-refractivity contribution is 6.15. The molecule has 10 nitrogen and oxygen atoms in total. The zero-order valence-electron chi connectivity index (χ0n) is 64.5. The van der Waals surface area contributed by atoms with Crippen LogP contribution in [-0.2, 0) is 0 Å². The van der Waals surface area contributed by atoms with Crippen molar-refractivity contribution in [3.8, 4) is 124 Å². The van der Waals surface area contributed by atoms with Crippen LogP contribution in [0.4, 0.5) is 0 Å². The summed E-state index contributed by atoms with van der Waals surface area (Å²) in [4.78, 5) is 20.3. The molecule has 10 heteroatoms. The van der Waals surface area contributed by atoms with Crippen molar-refractivity contribution in [3.05, 3.63) is 412 Å². The van der Waals surface area contributed by atoms with Crippen LogP contribution < -0.4 is 0 Å². The van der Waals surface area contributed by atoms with Crippen LogP contribution >= 0.6 is 0 Å². The van der Waals surface area contributed by atoms with E-state index in [4.69, 9.17) is 28.8 Å². The number of fused-ring (bicyclic) bond motifs is 12. The van der Waals surface area contributed by atoms with Crippen LogP contribution in [0.15, 0.2) is 409 Å². The summed E-state index contributed by atoms with van der Waals surface area (Å²) >= 11 is 0. The van der Waals surface area contributed by atoms with Gasteiger partial charge in [0.1, 0.15) is 16.9 Å². The van der Waals surface area contributed by atoms with Crippen LogP contribution in [0, 0.1) is 13.8 Å². The smallest absolute Gasteiger partial charge is 0.205 e. The van der Waals surface area contributed by atoms with Crippen molar-refractivity contribution in [2.24, 2.45) is 0 Å². The lowest BCUT2D eigenvalue weighted by Crippen LogP contribution is -1.96. The molecule has 0 unspecified atom stereocenters. The number of nitrogens with zero attached hydrogens (tertiary/aromatic N) is 8. The number of para-hydroxylation sites is 5. The summed E-state index contributed by atoms with van der Waals surface area (Å²) in [5.74, 6) is 3.00. The normalized spacial score (nSPS) is 11.6. The van der Waals surface area contributed by atoms with E-state index in [0.29, 0.717) is 11.6 Å². The molecule has 0 atom stereocenters. The predicted molar refractivity (Wildman–Crippen MR) is 484 cm³/mol. The zero-order valence-corrected chi connectivity index (χ0v) is 64.5. The summed E-state index contributed by atoms with van der Waals surface area (Å²) in [6, 6.07) is 136. The van der Waals surface area contributed by atoms with Gasteiger partial charge in [-0.25, -0.2) is 19.9 Å². The molecule has 15 aromatic carbocycles. The topological polar surface area (TPSA) is 97.6 Å². The molecular formula is C108H72N8O2. The van der Waals surface area contributed by atoms with Crippen molar-refractivity contribution in [2.75, 3.05) is 0 Å². The first kappa shape index (κ1) is 69.0. The molecule has 0 saturated heterocycles. The molecule has 23 rings (SSSR count). The lowest BCUT2D eigenvalue weighted by atomic mass is 10.00. The number of hydrogen-bond donors (Lipinski definition) is 0. The summed E-state index contributed by atoms with van der Waals surface area (Å²) < 4.78 is 22.4. The van der Waals surface area contributed by atoms with Crippen LogP contribution in [0.5, 0.6) is 0 Å². The predicted octanol–water partition coefficient (Wildman–Crippen LogP) is 28.1. The number of aryl methyl sites for hydroxylation is 2. The molecule has 23 aromatic rings. The third kappa shape index (κ3) is 12.1. The van der Waals surface area contributed by atoms with E-state index in [1.807, 2.05) is 97.1 Å². The molecular weight excluding hydrogens is 1440 g/mol. The van der Waals surface area contributed by atoms with Crippen LogP contribution in [0.1, 0.15) is 11.1 Å². The maximum absolute atomic E-state index is 6.86. The third-order valence-electron chi connectivity index (χ3n) is 23.0. The van der Waals surface area contributed by atoms with Crippen molar-refractivity contribution >= 4 is 87.4 Å². The number of aromatic nitrogens is 8. The lowest BCUT2D eigenvalue weighted by molar-refractivity contribution is 0.559. The minimum atomic E-state index is 0.688. The van der Waals surface area contributed by atoms with Gasteiger partial charge in [-0.2, -0.15) is 0 Å². The summed E-state index contributed by atoms with van der Waals surface area (Å²) in [5.41, 5.74) is 29.6. The molecule has 8 heterocycles. The van der Waals surface area contributed by atoms with E-state index in [2.05, 4.69) is 336 Å². The van der Waals surface area contributed by atoms with E-state index in [1.54, 1.807) is 0 Å². The highest BCUT2D eigenvalue weighted by Gasteiger charge is 2.24. The fourth-order valence-electron chi connectivity index (χ4n) is 17.3. The Morgan fingerprint density at radius 3 is 1.23 bits per heavy atom. The molecule has 0 spiro atoms. The van der Waals surface area contributed by atoms with Gasteiger partial charge in [-0.3, -0.25) is 4.57 Å². The first-order valence-corrected chi connectivity index (χ1v) is 39.9. The van der Waals surface area contributed by atoms with Crippen molar-refractivity contribution < 1.29 is 8.83 Å². The summed E-state index contributed by atoms with van der Waals surface area (Å²) in [5, 5.41) is 9.37. The van der Waals surface area contributed by atoms with Crippen molar-refractivity contribution in [1.29, 1.82) is 0 Å². The minimum Gasteiger partial charge on any atom is -0.456 e. The zero-order chi connectivity index (χ0) is 78.3. The van der Waals surface area contributed by atoms with Crippen LogP contribution in [0.3, 0.4) is 0 Å². The molecule has 8 aromatic heterocycles. The summed E-state index contributed by atoms with van der Waals surface area (Å²) in [6.07, 6.45) is 4.54. The maximum atomic E-state index is 6.86. The molecule has 0 fully saturated rings. The second kappa shape index (κ2) is 28.7. The van der Waals surface area contributed by atoms with Gasteiger partial charge in [0.25, 0.3) is 0 Å². The minimum absolute atomic E-state index is 0.688. The fourth-order valence-corrected chi connectivity index (χ4v) is 17.3. The molecule has 0 aliphatic rings. The number of hydrogen-bond acceptors (Lipinski definition) is 6. The van der Waals surface area contributed by atoms with Crippen LogP contribution in [0.25, 0.3) is 212 Å². The van der Waals surface area contributed by atoms with Gasteiger partial charge < -0.3 is 22.5 Å². The highest BCUT2D eigenvalue weighted by Crippen LogP contribution is 2.45. The molecule has 118 heavy (non-hydrogen) atoms.